The molecule has 0 bridgehead atoms. The lowest BCUT2D eigenvalue weighted by atomic mass is 10.0. The first-order chi connectivity index (χ1) is 9.11. The Kier molecular flexibility index (Phi) is 5.02. The molecule has 5 heteroatoms. The van der Waals surface area contributed by atoms with Crippen molar-refractivity contribution in [1.82, 2.24) is 9.78 Å². The Hall–Kier alpha value is -0.840. The molecular formula is C14H22BrN3O. The number of nitrogens with zero attached hydrogens (tertiary/aromatic N) is 2. The summed E-state index contributed by atoms with van der Waals surface area (Å²) in [6, 6.07) is 0.458. The van der Waals surface area contributed by atoms with Gasteiger partial charge < -0.3 is 5.32 Å². The molecule has 0 aromatic carbocycles. The molecule has 1 aromatic heterocycles. The van der Waals surface area contributed by atoms with Gasteiger partial charge in [-0.25, -0.2) is 4.68 Å². The Balaban J connectivity index is 2.11. The van der Waals surface area contributed by atoms with Crippen molar-refractivity contribution in [2.24, 2.45) is 5.92 Å². The summed E-state index contributed by atoms with van der Waals surface area (Å²) in [7, 11) is 0. The van der Waals surface area contributed by atoms with Gasteiger partial charge in [0.2, 0.25) is 0 Å². The Morgan fingerprint density at radius 2 is 2.21 bits per heavy atom. The van der Waals surface area contributed by atoms with Crippen LogP contribution in [0.15, 0.2) is 15.5 Å². The van der Waals surface area contributed by atoms with Crippen LogP contribution in [0.2, 0.25) is 0 Å². The van der Waals surface area contributed by atoms with Crippen LogP contribution in [-0.4, -0.2) is 15.8 Å². The average molecular weight is 328 g/mol. The molecule has 2 unspecified atom stereocenters. The molecule has 1 heterocycles. The minimum absolute atomic E-state index is 0.0607. The average Bonchev–Trinajstić information content (AvgIpc) is 2.60. The van der Waals surface area contributed by atoms with Crippen LogP contribution < -0.4 is 10.9 Å². The Morgan fingerprint density at radius 1 is 1.42 bits per heavy atom. The van der Waals surface area contributed by atoms with Crippen molar-refractivity contribution in [1.29, 1.82) is 0 Å². The Labute approximate surface area is 122 Å². The van der Waals surface area contributed by atoms with E-state index in [1.165, 1.54) is 36.8 Å². The molecule has 2 rings (SSSR count). The Bertz CT molecular complexity index is 486. The van der Waals surface area contributed by atoms with Crippen LogP contribution in [0.1, 0.15) is 46.0 Å². The third-order valence-corrected chi connectivity index (χ3v) is 4.67. The van der Waals surface area contributed by atoms with Gasteiger partial charge in [-0.1, -0.05) is 19.8 Å². The monoisotopic (exact) mass is 327 g/mol. The lowest BCUT2D eigenvalue weighted by Gasteiger charge is -2.18. The number of rotatable bonds is 3. The molecule has 1 aromatic rings. The number of hydrogen-bond acceptors (Lipinski definition) is 3. The minimum atomic E-state index is -0.0607. The van der Waals surface area contributed by atoms with Crippen LogP contribution in [0.5, 0.6) is 0 Å². The third kappa shape index (κ3) is 3.59. The van der Waals surface area contributed by atoms with E-state index < -0.39 is 0 Å². The first-order valence-corrected chi connectivity index (χ1v) is 7.93. The van der Waals surface area contributed by atoms with Gasteiger partial charge in [0.15, 0.2) is 0 Å². The summed E-state index contributed by atoms with van der Waals surface area (Å²) >= 11 is 3.39. The van der Waals surface area contributed by atoms with Crippen molar-refractivity contribution in [3.05, 3.63) is 21.0 Å². The van der Waals surface area contributed by atoms with Crippen LogP contribution in [-0.2, 0) is 6.54 Å². The number of aromatic nitrogens is 2. The molecule has 2 atom stereocenters. The molecular weight excluding hydrogens is 306 g/mol. The summed E-state index contributed by atoms with van der Waals surface area (Å²) in [5.74, 6) is 0.821. The van der Waals surface area contributed by atoms with Crippen molar-refractivity contribution < 1.29 is 0 Å². The van der Waals surface area contributed by atoms with Gasteiger partial charge in [0.1, 0.15) is 4.47 Å². The topological polar surface area (TPSA) is 46.9 Å². The molecule has 0 amide bonds. The zero-order valence-corrected chi connectivity index (χ0v) is 13.2. The zero-order chi connectivity index (χ0) is 13.8. The van der Waals surface area contributed by atoms with Crippen LogP contribution >= 0.6 is 15.9 Å². The highest BCUT2D eigenvalue weighted by atomic mass is 79.9. The summed E-state index contributed by atoms with van der Waals surface area (Å²) in [4.78, 5) is 12.0. The van der Waals surface area contributed by atoms with E-state index in [1.54, 1.807) is 6.20 Å². The minimum Gasteiger partial charge on any atom is -0.380 e. The van der Waals surface area contributed by atoms with E-state index >= 15 is 0 Å². The van der Waals surface area contributed by atoms with Crippen molar-refractivity contribution >= 4 is 21.6 Å². The fourth-order valence-electron chi connectivity index (χ4n) is 2.64. The highest BCUT2D eigenvalue weighted by molar-refractivity contribution is 9.10. The molecule has 1 N–H and O–H groups in total. The van der Waals surface area contributed by atoms with Crippen molar-refractivity contribution in [2.75, 3.05) is 5.32 Å². The first kappa shape index (κ1) is 14.6. The molecule has 1 aliphatic carbocycles. The highest BCUT2D eigenvalue weighted by Gasteiger charge is 2.17. The van der Waals surface area contributed by atoms with Gasteiger partial charge in [-0.3, -0.25) is 4.79 Å². The second kappa shape index (κ2) is 6.55. The van der Waals surface area contributed by atoms with Gasteiger partial charge in [0, 0.05) is 12.6 Å². The number of aryl methyl sites for hydroxylation is 1. The van der Waals surface area contributed by atoms with Gasteiger partial charge in [0.25, 0.3) is 5.56 Å². The number of anilines is 1. The fourth-order valence-corrected chi connectivity index (χ4v) is 3.06. The van der Waals surface area contributed by atoms with Gasteiger partial charge in [-0.05, 0) is 48.0 Å². The van der Waals surface area contributed by atoms with Gasteiger partial charge in [0.05, 0.1) is 11.9 Å². The molecule has 19 heavy (non-hydrogen) atoms. The predicted octanol–water partition coefficient (Wildman–Crippen LogP) is 3.41. The predicted molar refractivity (Wildman–Crippen MR) is 81.5 cm³/mol. The van der Waals surface area contributed by atoms with E-state index in [0.717, 1.165) is 11.6 Å². The van der Waals surface area contributed by atoms with Gasteiger partial charge >= 0.3 is 0 Å². The summed E-state index contributed by atoms with van der Waals surface area (Å²) in [5, 5.41) is 7.65. The smallest absolute Gasteiger partial charge is 0.283 e. The summed E-state index contributed by atoms with van der Waals surface area (Å²) in [6.07, 6.45) is 7.93. The SMILES string of the molecule is CCn1ncc(NC2CCCC(C)CC2)c(Br)c1=O. The van der Waals surface area contributed by atoms with Crippen molar-refractivity contribution in [2.45, 2.75) is 58.5 Å². The maximum Gasteiger partial charge on any atom is 0.283 e. The van der Waals surface area contributed by atoms with Crippen molar-refractivity contribution in [3.8, 4) is 0 Å². The summed E-state index contributed by atoms with van der Waals surface area (Å²) in [6.45, 7) is 4.83. The van der Waals surface area contributed by atoms with Gasteiger partial charge in [-0.2, -0.15) is 5.10 Å². The quantitative estimate of drug-likeness (QED) is 0.865. The van der Waals surface area contributed by atoms with E-state index in [2.05, 4.69) is 33.3 Å². The second-order valence-electron chi connectivity index (χ2n) is 5.45. The lowest BCUT2D eigenvalue weighted by molar-refractivity contribution is 0.502. The summed E-state index contributed by atoms with van der Waals surface area (Å²) < 4.78 is 2.06. The largest absolute Gasteiger partial charge is 0.380 e. The molecule has 1 saturated carbocycles. The van der Waals surface area contributed by atoms with Crippen LogP contribution in [0.25, 0.3) is 0 Å². The van der Waals surface area contributed by atoms with E-state index in [4.69, 9.17) is 0 Å². The van der Waals surface area contributed by atoms with E-state index in [9.17, 15) is 4.79 Å². The molecule has 0 saturated heterocycles. The van der Waals surface area contributed by atoms with E-state index in [1.807, 2.05) is 6.92 Å². The molecule has 4 nitrogen and oxygen atoms in total. The molecule has 1 aliphatic rings. The number of nitrogens with one attached hydrogen (secondary N) is 1. The standard InChI is InChI=1S/C14H22BrN3O/c1-3-18-14(19)13(15)12(9-16-18)17-11-6-4-5-10(2)7-8-11/h9-11,17H,3-8H2,1-2H3. The fraction of sp³-hybridized carbons (Fsp3) is 0.714. The zero-order valence-electron chi connectivity index (χ0n) is 11.7. The number of hydrogen-bond donors (Lipinski definition) is 1. The van der Waals surface area contributed by atoms with Crippen LogP contribution in [0.4, 0.5) is 5.69 Å². The molecule has 1 fully saturated rings. The summed E-state index contributed by atoms with van der Waals surface area (Å²) in [5.41, 5.74) is 0.767. The third-order valence-electron chi connectivity index (χ3n) is 3.90. The van der Waals surface area contributed by atoms with E-state index in [-0.39, 0.29) is 5.56 Å². The van der Waals surface area contributed by atoms with Crippen molar-refractivity contribution in [3.63, 3.8) is 0 Å². The molecule has 0 radical (unpaired) electrons. The molecule has 0 spiro atoms. The number of halogens is 1. The Morgan fingerprint density at radius 3 is 2.95 bits per heavy atom. The van der Waals surface area contributed by atoms with Crippen LogP contribution in [0, 0.1) is 5.92 Å². The highest BCUT2D eigenvalue weighted by Crippen LogP contribution is 2.26. The molecule has 106 valence electrons. The second-order valence-corrected chi connectivity index (χ2v) is 6.24. The van der Waals surface area contributed by atoms with Crippen LogP contribution in [0.3, 0.4) is 0 Å². The maximum atomic E-state index is 12.0. The normalized spacial score (nSPS) is 23.9. The maximum absolute atomic E-state index is 12.0. The van der Waals surface area contributed by atoms with Gasteiger partial charge in [-0.15, -0.1) is 0 Å². The molecule has 0 aliphatic heterocycles. The first-order valence-electron chi connectivity index (χ1n) is 7.14. The van der Waals surface area contributed by atoms with E-state index in [0.29, 0.717) is 17.1 Å². The lowest BCUT2D eigenvalue weighted by Crippen LogP contribution is -2.26.